The zero-order chi connectivity index (χ0) is 20.5. The summed E-state index contributed by atoms with van der Waals surface area (Å²) in [7, 11) is 0. The molecule has 28 heavy (non-hydrogen) atoms. The van der Waals surface area contributed by atoms with Crippen LogP contribution in [0, 0.1) is 13.8 Å². The van der Waals surface area contributed by atoms with E-state index >= 15 is 0 Å². The number of aliphatic hydroxyl groups is 1. The Balaban J connectivity index is 1.85. The van der Waals surface area contributed by atoms with Crippen molar-refractivity contribution < 1.29 is 27.8 Å². The molecule has 3 rings (SSSR count). The van der Waals surface area contributed by atoms with Crippen molar-refractivity contribution in [3.63, 3.8) is 0 Å². The normalized spacial score (nSPS) is 19.5. The van der Waals surface area contributed by atoms with E-state index in [2.05, 4.69) is 10.1 Å². The van der Waals surface area contributed by atoms with Gasteiger partial charge >= 0.3 is 6.18 Å². The second-order valence-electron chi connectivity index (χ2n) is 6.59. The Morgan fingerprint density at radius 1 is 1.21 bits per heavy atom. The molecule has 6 nitrogen and oxygen atoms in total. The van der Waals surface area contributed by atoms with Crippen molar-refractivity contribution in [2.45, 2.75) is 32.2 Å². The lowest BCUT2D eigenvalue weighted by Gasteiger charge is -2.32. The molecule has 1 unspecified atom stereocenters. The number of ether oxygens (including phenoxy) is 1. The quantitative estimate of drug-likeness (QED) is 0.867. The molecule has 0 saturated heterocycles. The molecule has 1 aromatic heterocycles. The molecule has 0 bridgehead atoms. The average Bonchev–Trinajstić information content (AvgIpc) is 2.99. The SMILES string of the molecule is Cc1cc(C)cc(OCC(=O)N2N=C(c3ccncc3)CC2(O)C(F)(F)F)c1. The van der Waals surface area contributed by atoms with Gasteiger partial charge in [0.2, 0.25) is 0 Å². The number of hydrazone groups is 1. The second kappa shape index (κ2) is 7.23. The van der Waals surface area contributed by atoms with Gasteiger partial charge in [-0.2, -0.15) is 23.3 Å². The number of amides is 1. The summed E-state index contributed by atoms with van der Waals surface area (Å²) >= 11 is 0. The highest BCUT2D eigenvalue weighted by Gasteiger charge is 2.63. The van der Waals surface area contributed by atoms with E-state index in [-0.39, 0.29) is 10.7 Å². The maximum Gasteiger partial charge on any atom is 0.438 e. The molecule has 0 fully saturated rings. The van der Waals surface area contributed by atoms with Crippen LogP contribution in [0.5, 0.6) is 5.75 Å². The molecule has 0 saturated carbocycles. The lowest BCUT2D eigenvalue weighted by Crippen LogP contribution is -2.57. The Morgan fingerprint density at radius 2 is 1.82 bits per heavy atom. The summed E-state index contributed by atoms with van der Waals surface area (Å²) in [6.07, 6.45) is -3.20. The van der Waals surface area contributed by atoms with Crippen LogP contribution in [0.15, 0.2) is 47.8 Å². The molecule has 1 amide bonds. The summed E-state index contributed by atoms with van der Waals surface area (Å²) in [5, 5.41) is 14.1. The van der Waals surface area contributed by atoms with Gasteiger partial charge in [0, 0.05) is 18.0 Å². The van der Waals surface area contributed by atoms with Gasteiger partial charge in [0.05, 0.1) is 12.1 Å². The fourth-order valence-electron chi connectivity index (χ4n) is 2.96. The predicted molar refractivity (Wildman–Crippen MR) is 94.7 cm³/mol. The van der Waals surface area contributed by atoms with Crippen LogP contribution in [0.4, 0.5) is 13.2 Å². The number of carbonyl (C=O) groups excluding carboxylic acids is 1. The first-order chi connectivity index (χ1) is 13.1. The number of aromatic nitrogens is 1. The number of alkyl halides is 3. The summed E-state index contributed by atoms with van der Waals surface area (Å²) in [6.45, 7) is 2.96. The summed E-state index contributed by atoms with van der Waals surface area (Å²) in [6, 6.07) is 8.12. The van der Waals surface area contributed by atoms with Crippen LogP contribution >= 0.6 is 0 Å². The fraction of sp³-hybridized carbons (Fsp3) is 0.316. The minimum Gasteiger partial charge on any atom is -0.484 e. The molecule has 1 aromatic carbocycles. The highest BCUT2D eigenvalue weighted by Crippen LogP contribution is 2.41. The minimum absolute atomic E-state index is 0.0609. The van der Waals surface area contributed by atoms with Crippen LogP contribution < -0.4 is 4.74 Å². The molecule has 9 heteroatoms. The monoisotopic (exact) mass is 393 g/mol. The lowest BCUT2D eigenvalue weighted by molar-refractivity contribution is -0.302. The Kier molecular flexibility index (Phi) is 5.12. The van der Waals surface area contributed by atoms with Crippen LogP contribution in [0.1, 0.15) is 23.1 Å². The average molecular weight is 393 g/mol. The zero-order valence-corrected chi connectivity index (χ0v) is 15.2. The highest BCUT2D eigenvalue weighted by atomic mass is 19.4. The second-order valence-corrected chi connectivity index (χ2v) is 6.59. The number of pyridine rings is 1. The Labute approximate surface area is 159 Å². The fourth-order valence-corrected chi connectivity index (χ4v) is 2.96. The third kappa shape index (κ3) is 3.84. The van der Waals surface area contributed by atoms with Gasteiger partial charge in [-0.15, -0.1) is 0 Å². The number of benzene rings is 1. The van der Waals surface area contributed by atoms with Crippen LogP contribution in [-0.4, -0.2) is 45.2 Å². The molecule has 0 aliphatic carbocycles. The molecule has 148 valence electrons. The van der Waals surface area contributed by atoms with Gasteiger partial charge in [-0.25, -0.2) is 0 Å². The largest absolute Gasteiger partial charge is 0.484 e. The molecule has 1 atom stereocenters. The minimum atomic E-state index is -5.10. The first-order valence-corrected chi connectivity index (χ1v) is 8.41. The van der Waals surface area contributed by atoms with E-state index < -0.39 is 30.8 Å². The van der Waals surface area contributed by atoms with Gasteiger partial charge < -0.3 is 9.84 Å². The molecule has 2 heterocycles. The van der Waals surface area contributed by atoms with E-state index in [1.54, 1.807) is 12.1 Å². The summed E-state index contributed by atoms with van der Waals surface area (Å²) in [5.74, 6) is -0.762. The van der Waals surface area contributed by atoms with E-state index in [0.29, 0.717) is 11.3 Å². The standard InChI is InChI=1S/C19H18F3N3O3/c1-12-7-13(2)9-15(8-12)28-11-17(26)25-18(27,19(20,21)22)10-16(24-25)14-3-5-23-6-4-14/h3-9,27H,10-11H2,1-2H3. The summed E-state index contributed by atoms with van der Waals surface area (Å²) in [4.78, 5) is 16.2. The molecule has 2 aromatic rings. The van der Waals surface area contributed by atoms with Crippen LogP contribution in [0.25, 0.3) is 0 Å². The third-order valence-corrected chi connectivity index (χ3v) is 4.25. The highest BCUT2D eigenvalue weighted by molar-refractivity contribution is 6.03. The van der Waals surface area contributed by atoms with Crippen molar-refractivity contribution in [2.24, 2.45) is 5.10 Å². The molecular weight excluding hydrogens is 375 g/mol. The zero-order valence-electron chi connectivity index (χ0n) is 15.2. The van der Waals surface area contributed by atoms with Gasteiger partial charge in [0.25, 0.3) is 11.6 Å². The van der Waals surface area contributed by atoms with E-state index in [0.717, 1.165) is 11.1 Å². The van der Waals surface area contributed by atoms with Gasteiger partial charge in [0.15, 0.2) is 6.61 Å². The number of nitrogens with zero attached hydrogens (tertiary/aromatic N) is 3. The van der Waals surface area contributed by atoms with Crippen LogP contribution in [-0.2, 0) is 4.79 Å². The van der Waals surface area contributed by atoms with Gasteiger partial charge in [0.1, 0.15) is 5.75 Å². The van der Waals surface area contributed by atoms with Gasteiger partial charge in [-0.1, -0.05) is 6.07 Å². The topological polar surface area (TPSA) is 75.0 Å². The van der Waals surface area contributed by atoms with Crippen molar-refractivity contribution in [3.05, 3.63) is 59.4 Å². The van der Waals surface area contributed by atoms with E-state index in [1.807, 2.05) is 19.9 Å². The van der Waals surface area contributed by atoms with Crippen LogP contribution in [0.2, 0.25) is 0 Å². The number of halogens is 3. The van der Waals surface area contributed by atoms with Gasteiger partial charge in [-0.05, 0) is 49.2 Å². The Hall–Kier alpha value is -2.94. The molecule has 1 N–H and O–H groups in total. The summed E-state index contributed by atoms with van der Waals surface area (Å²) < 4.78 is 46.0. The van der Waals surface area contributed by atoms with E-state index in [9.17, 15) is 23.1 Å². The number of rotatable bonds is 4. The molecule has 0 radical (unpaired) electrons. The number of aryl methyl sites for hydroxylation is 2. The molecule has 1 aliphatic heterocycles. The molecule has 0 spiro atoms. The maximum atomic E-state index is 13.5. The van der Waals surface area contributed by atoms with Crippen molar-refractivity contribution in [2.75, 3.05) is 6.61 Å². The van der Waals surface area contributed by atoms with Gasteiger partial charge in [-0.3, -0.25) is 9.78 Å². The lowest BCUT2D eigenvalue weighted by atomic mass is 10.0. The number of hydrogen-bond acceptors (Lipinski definition) is 5. The first kappa shape index (κ1) is 19.8. The van der Waals surface area contributed by atoms with E-state index in [1.165, 1.54) is 24.5 Å². The Bertz CT molecular complexity index is 895. The van der Waals surface area contributed by atoms with Crippen molar-refractivity contribution >= 4 is 11.6 Å². The molecule has 1 aliphatic rings. The maximum absolute atomic E-state index is 13.5. The smallest absolute Gasteiger partial charge is 0.438 e. The number of hydrogen-bond donors (Lipinski definition) is 1. The van der Waals surface area contributed by atoms with Crippen molar-refractivity contribution in [1.29, 1.82) is 0 Å². The first-order valence-electron chi connectivity index (χ1n) is 8.41. The van der Waals surface area contributed by atoms with E-state index in [4.69, 9.17) is 4.74 Å². The Morgan fingerprint density at radius 3 is 2.39 bits per heavy atom. The van der Waals surface area contributed by atoms with Crippen molar-refractivity contribution in [1.82, 2.24) is 9.99 Å². The molecular formula is C19H18F3N3O3. The number of carbonyl (C=O) groups is 1. The summed E-state index contributed by atoms with van der Waals surface area (Å²) in [5.41, 5.74) is -1.40. The predicted octanol–water partition coefficient (Wildman–Crippen LogP) is 2.96. The van der Waals surface area contributed by atoms with Crippen molar-refractivity contribution in [3.8, 4) is 5.75 Å². The third-order valence-electron chi connectivity index (χ3n) is 4.25. The van der Waals surface area contributed by atoms with Crippen LogP contribution in [0.3, 0.4) is 0 Å².